The Morgan fingerprint density at radius 1 is 1.18 bits per heavy atom. The molecule has 7 N–H and O–H groups in total. The van der Waals surface area contributed by atoms with Crippen LogP contribution in [0.15, 0.2) is 16.9 Å². The van der Waals surface area contributed by atoms with E-state index in [4.69, 9.17) is 25.7 Å². The van der Waals surface area contributed by atoms with Crippen LogP contribution in [-0.2, 0) is 40.3 Å². The van der Waals surface area contributed by atoms with Crippen molar-refractivity contribution in [3.8, 4) is 11.4 Å². The maximum Gasteiger partial charge on any atom is 0.340 e. The lowest BCUT2D eigenvalue weighted by molar-refractivity contribution is -0.157. The number of amides is 1. The largest absolute Gasteiger partial charge is 0.458 e. The number of benzene rings is 1. The average Bonchev–Trinajstić information content (AvgIpc) is 3.35. The van der Waals surface area contributed by atoms with E-state index >= 15 is 0 Å². The summed E-state index contributed by atoms with van der Waals surface area (Å²) in [5.74, 6) is -1.71. The fraction of sp³-hybridized carbons (Fsp3) is 0.429. The molecule has 6 rings (SSSR count). The predicted octanol–water partition coefficient (Wildman–Crippen LogP) is 0.878. The molecule has 4 heterocycles. The number of halogens is 1. The number of aliphatic hydroxyl groups is 3. The van der Waals surface area contributed by atoms with Crippen molar-refractivity contribution in [1.29, 1.82) is 0 Å². The standard InChI is InChI=1S/C22H17FN2O4.C3H8N2O2.C2H6.CH4O/c1-9-10-3-2-4-11-13-7-25-17(19(13)24-16(18(10)11)6-15(9)23)5-12-14(21(25)27)8-29-22(28)20(12)26;4-2(1-6)3(5)7;2*1-2/h5-6,20,26H,2-4,7-8H2,1H3;2,6H,1,4H2,(H2,5,7);1-2H3;2H,1H3. The first kappa shape index (κ1) is 30.8. The molecule has 0 bridgehead atoms. The van der Waals surface area contributed by atoms with Gasteiger partial charge in [-0.3, -0.25) is 9.59 Å². The number of hydrogen-bond donors (Lipinski definition) is 5. The molecule has 2 aromatic heterocycles. The molecule has 2 atom stereocenters. The van der Waals surface area contributed by atoms with Crippen molar-refractivity contribution in [3.05, 3.63) is 61.7 Å². The summed E-state index contributed by atoms with van der Waals surface area (Å²) in [4.78, 5) is 39.5. The quantitative estimate of drug-likeness (QED) is 0.222. The van der Waals surface area contributed by atoms with Gasteiger partial charge < -0.3 is 36.1 Å². The molecule has 3 aliphatic rings. The Morgan fingerprint density at radius 2 is 1.82 bits per heavy atom. The van der Waals surface area contributed by atoms with Crippen LogP contribution in [-0.4, -0.2) is 56.5 Å². The number of nitrogens with two attached hydrogens (primary N) is 2. The minimum atomic E-state index is -1.48. The summed E-state index contributed by atoms with van der Waals surface area (Å²) >= 11 is 0. The van der Waals surface area contributed by atoms with Crippen molar-refractivity contribution in [3.63, 3.8) is 0 Å². The number of aliphatic hydroxyl groups excluding tert-OH is 3. The zero-order valence-electron chi connectivity index (χ0n) is 23.0. The molecule has 1 amide bonds. The van der Waals surface area contributed by atoms with Gasteiger partial charge in [-0.2, -0.15) is 0 Å². The fourth-order valence-corrected chi connectivity index (χ4v) is 5.15. The molecule has 3 aromatic rings. The normalized spacial score (nSPS) is 16.4. The summed E-state index contributed by atoms with van der Waals surface area (Å²) in [7, 11) is 1.00. The van der Waals surface area contributed by atoms with Gasteiger partial charge in [-0.25, -0.2) is 14.2 Å². The Bertz CT molecular complexity index is 1520. The van der Waals surface area contributed by atoms with Gasteiger partial charge in [0.25, 0.3) is 5.56 Å². The number of cyclic esters (lactones) is 1. The molecule has 2 unspecified atom stereocenters. The van der Waals surface area contributed by atoms with Crippen LogP contribution < -0.4 is 17.0 Å². The highest BCUT2D eigenvalue weighted by Gasteiger charge is 2.35. The minimum Gasteiger partial charge on any atom is -0.458 e. The van der Waals surface area contributed by atoms with Crippen LogP contribution in [0.25, 0.3) is 22.3 Å². The lowest BCUT2D eigenvalue weighted by Gasteiger charge is -2.22. The van der Waals surface area contributed by atoms with E-state index in [0.717, 1.165) is 48.4 Å². The Hall–Kier alpha value is -3.71. The Balaban J connectivity index is 0.000000349. The van der Waals surface area contributed by atoms with E-state index in [1.54, 1.807) is 17.6 Å². The highest BCUT2D eigenvalue weighted by atomic mass is 19.1. The lowest BCUT2D eigenvalue weighted by Crippen LogP contribution is -2.39. The molecular weight excluding hydrogens is 523 g/mol. The van der Waals surface area contributed by atoms with E-state index in [9.17, 15) is 23.9 Å². The van der Waals surface area contributed by atoms with Gasteiger partial charge in [0.05, 0.1) is 35.6 Å². The molecule has 0 spiro atoms. The molecule has 40 heavy (non-hydrogen) atoms. The van der Waals surface area contributed by atoms with Gasteiger partial charge in [-0.15, -0.1) is 0 Å². The minimum absolute atomic E-state index is 0.141. The van der Waals surface area contributed by atoms with E-state index in [1.807, 2.05) is 13.8 Å². The van der Waals surface area contributed by atoms with Crippen LogP contribution in [0.1, 0.15) is 59.8 Å². The number of primary amides is 1. The van der Waals surface area contributed by atoms with E-state index < -0.39 is 24.0 Å². The van der Waals surface area contributed by atoms with Crippen molar-refractivity contribution in [1.82, 2.24) is 9.55 Å². The van der Waals surface area contributed by atoms with Crippen molar-refractivity contribution in [2.45, 2.75) is 65.3 Å². The second-order valence-electron chi connectivity index (χ2n) is 9.18. The zero-order chi connectivity index (χ0) is 29.9. The van der Waals surface area contributed by atoms with Crippen LogP contribution in [0.4, 0.5) is 4.39 Å². The third-order valence-corrected chi connectivity index (χ3v) is 7.10. The van der Waals surface area contributed by atoms with Gasteiger partial charge in [0.2, 0.25) is 5.91 Å². The van der Waals surface area contributed by atoms with Crippen LogP contribution >= 0.6 is 0 Å². The molecular formula is C28H35FN4O7. The number of hydrogen-bond acceptors (Lipinski definition) is 9. The van der Waals surface area contributed by atoms with Gasteiger partial charge in [0.15, 0.2) is 6.10 Å². The van der Waals surface area contributed by atoms with E-state index in [1.165, 1.54) is 6.07 Å². The van der Waals surface area contributed by atoms with E-state index in [0.29, 0.717) is 34.6 Å². The maximum atomic E-state index is 14.5. The fourth-order valence-electron chi connectivity index (χ4n) is 5.15. The Morgan fingerprint density at radius 3 is 2.42 bits per heavy atom. The molecule has 12 heteroatoms. The molecule has 0 fully saturated rings. The first-order valence-corrected chi connectivity index (χ1v) is 13.0. The summed E-state index contributed by atoms with van der Waals surface area (Å²) in [6.45, 7) is 5.67. The van der Waals surface area contributed by atoms with Crippen molar-refractivity contribution in [2.75, 3.05) is 13.7 Å². The van der Waals surface area contributed by atoms with Gasteiger partial charge >= 0.3 is 5.97 Å². The highest BCUT2D eigenvalue weighted by Crippen LogP contribution is 2.41. The number of esters is 1. The summed E-state index contributed by atoms with van der Waals surface area (Å²) in [5, 5.41) is 26.3. The number of aromatic nitrogens is 2. The van der Waals surface area contributed by atoms with E-state index in [2.05, 4.69) is 5.73 Å². The molecule has 0 radical (unpaired) electrons. The number of rotatable bonds is 2. The molecule has 0 saturated carbocycles. The monoisotopic (exact) mass is 558 g/mol. The highest BCUT2D eigenvalue weighted by molar-refractivity contribution is 5.92. The Kier molecular flexibility index (Phi) is 9.74. The van der Waals surface area contributed by atoms with Gasteiger partial charge in [0.1, 0.15) is 18.5 Å². The summed E-state index contributed by atoms with van der Waals surface area (Å²) < 4.78 is 21.1. The lowest BCUT2D eigenvalue weighted by atomic mass is 9.85. The summed E-state index contributed by atoms with van der Waals surface area (Å²) in [6, 6.07) is 2.22. The number of ether oxygens (including phenoxy) is 1. The average molecular weight is 559 g/mol. The van der Waals surface area contributed by atoms with Crippen molar-refractivity contribution in [2.24, 2.45) is 11.5 Å². The first-order chi connectivity index (χ1) is 19.1. The first-order valence-electron chi connectivity index (χ1n) is 13.0. The van der Waals surface area contributed by atoms with Gasteiger partial charge in [0, 0.05) is 29.7 Å². The van der Waals surface area contributed by atoms with Crippen LogP contribution in [0.5, 0.6) is 0 Å². The maximum absolute atomic E-state index is 14.5. The summed E-state index contributed by atoms with van der Waals surface area (Å²) in [5.41, 5.74) is 15.4. The second kappa shape index (κ2) is 12.6. The molecule has 1 aliphatic carbocycles. The molecule has 2 aliphatic heterocycles. The zero-order valence-corrected chi connectivity index (χ0v) is 23.0. The second-order valence-corrected chi connectivity index (χ2v) is 9.18. The smallest absolute Gasteiger partial charge is 0.340 e. The number of carbonyl (C=O) groups excluding carboxylic acids is 2. The van der Waals surface area contributed by atoms with Crippen LogP contribution in [0.3, 0.4) is 0 Å². The number of carbonyl (C=O) groups is 2. The van der Waals surface area contributed by atoms with Gasteiger partial charge in [-0.05, 0) is 48.9 Å². The number of nitrogens with zero attached hydrogens (tertiary/aromatic N) is 2. The number of fused-ring (bicyclic) bond motifs is 5. The van der Waals surface area contributed by atoms with Crippen molar-refractivity contribution >= 4 is 22.8 Å². The van der Waals surface area contributed by atoms with Crippen molar-refractivity contribution < 1.29 is 34.0 Å². The number of pyridine rings is 2. The van der Waals surface area contributed by atoms with Crippen LogP contribution in [0.2, 0.25) is 0 Å². The molecule has 1 aromatic carbocycles. The summed E-state index contributed by atoms with van der Waals surface area (Å²) in [6.07, 6.45) is 1.12. The van der Waals surface area contributed by atoms with Gasteiger partial charge in [-0.1, -0.05) is 13.8 Å². The van der Waals surface area contributed by atoms with E-state index in [-0.39, 0.29) is 30.2 Å². The topological polar surface area (TPSA) is 191 Å². The molecule has 0 saturated heterocycles. The van der Waals surface area contributed by atoms with Crippen LogP contribution in [0, 0.1) is 12.7 Å². The SMILES string of the molecule is CC.CO.Cc1c(F)cc2nc3c(c4c2c1CCC4)Cn1c-3cc2c(c1=O)COC(=O)C2O.NC(=O)C(N)CO. The molecule has 11 nitrogen and oxygen atoms in total. The predicted molar refractivity (Wildman–Crippen MR) is 146 cm³/mol. The third kappa shape index (κ3) is 5.22. The Labute approximate surface area is 230 Å². The molecule has 216 valence electrons. The third-order valence-electron chi connectivity index (χ3n) is 7.10. The number of aryl methyl sites for hydroxylation is 2.